The third-order valence-corrected chi connectivity index (χ3v) is 3.04. The molecule has 0 saturated heterocycles. The van der Waals surface area contributed by atoms with Crippen molar-refractivity contribution in [2.75, 3.05) is 0 Å². The van der Waals surface area contributed by atoms with Crippen molar-refractivity contribution < 1.29 is 23.0 Å². The van der Waals surface area contributed by atoms with Crippen LogP contribution in [0.25, 0.3) is 0 Å². The summed E-state index contributed by atoms with van der Waals surface area (Å²) in [6.45, 7) is 0. The van der Waals surface area contributed by atoms with Gasteiger partial charge in [-0.1, -0.05) is 12.1 Å². The van der Waals surface area contributed by atoms with Crippen molar-refractivity contribution in [1.29, 1.82) is 0 Å². The van der Waals surface area contributed by atoms with Crippen LogP contribution in [0, 0.1) is 11.6 Å². The van der Waals surface area contributed by atoms with Crippen LogP contribution in [0.2, 0.25) is 0 Å². The molecular weight excluding hydrogens is 257 g/mol. The Labute approximate surface area is 107 Å². The van der Waals surface area contributed by atoms with E-state index in [1.165, 1.54) is 6.07 Å². The molecule has 1 aliphatic rings. The molecule has 0 amide bonds. The number of aliphatic hydroxyl groups excluding tert-OH is 1. The van der Waals surface area contributed by atoms with Gasteiger partial charge in [-0.3, -0.25) is 0 Å². The summed E-state index contributed by atoms with van der Waals surface area (Å²) in [6.07, 6.45) is -2.70. The van der Waals surface area contributed by atoms with E-state index < -0.39 is 23.9 Å². The Morgan fingerprint density at radius 2 is 1.74 bits per heavy atom. The highest BCUT2D eigenvalue weighted by Gasteiger charge is 2.39. The summed E-state index contributed by atoms with van der Waals surface area (Å²) in [6, 6.07) is 7.38. The van der Waals surface area contributed by atoms with Crippen LogP contribution in [0.1, 0.15) is 23.4 Å². The van der Waals surface area contributed by atoms with Gasteiger partial charge in [-0.15, -0.1) is 0 Å². The van der Waals surface area contributed by atoms with Crippen LogP contribution in [0.15, 0.2) is 36.4 Å². The molecule has 0 aromatic heterocycles. The maximum Gasteiger partial charge on any atom is 0.159 e. The van der Waals surface area contributed by atoms with Crippen molar-refractivity contribution in [2.45, 2.75) is 12.3 Å². The quantitative estimate of drug-likeness (QED) is 0.895. The van der Waals surface area contributed by atoms with E-state index in [0.29, 0.717) is 5.56 Å². The molecule has 1 N–H and O–H groups in total. The molecule has 19 heavy (non-hydrogen) atoms. The van der Waals surface area contributed by atoms with Gasteiger partial charge in [-0.25, -0.2) is 13.2 Å². The van der Waals surface area contributed by atoms with E-state index in [0.717, 1.165) is 18.2 Å². The molecule has 0 heterocycles. The predicted octanol–water partition coefficient (Wildman–Crippen LogP) is 3.81. The fraction of sp³-hybridized carbons (Fsp3) is 0.143. The topological polar surface area (TPSA) is 29.5 Å². The van der Waals surface area contributed by atoms with Gasteiger partial charge in [0.15, 0.2) is 6.17 Å². The van der Waals surface area contributed by atoms with Gasteiger partial charge in [0.1, 0.15) is 29.2 Å². The molecule has 2 nitrogen and oxygen atoms in total. The minimum absolute atomic E-state index is 0.0560. The molecule has 0 saturated carbocycles. The summed E-state index contributed by atoms with van der Waals surface area (Å²) >= 11 is 0. The normalized spacial score (nSPS) is 20.6. The molecule has 0 radical (unpaired) electrons. The largest absolute Gasteiger partial charge is 0.457 e. The van der Waals surface area contributed by atoms with E-state index in [-0.39, 0.29) is 17.1 Å². The van der Waals surface area contributed by atoms with Crippen LogP contribution in [0.3, 0.4) is 0 Å². The molecule has 3 rings (SSSR count). The first-order valence-corrected chi connectivity index (χ1v) is 5.65. The summed E-state index contributed by atoms with van der Waals surface area (Å²) in [4.78, 5) is 0. The van der Waals surface area contributed by atoms with Gasteiger partial charge in [0.25, 0.3) is 0 Å². The molecule has 2 aromatic carbocycles. The molecule has 2 aromatic rings. The lowest BCUT2D eigenvalue weighted by molar-refractivity contribution is 0.0435. The second-order valence-corrected chi connectivity index (χ2v) is 4.31. The molecule has 2 atom stereocenters. The van der Waals surface area contributed by atoms with Crippen molar-refractivity contribution in [3.05, 3.63) is 59.2 Å². The number of hydrogen-bond donors (Lipinski definition) is 1. The fourth-order valence-electron chi connectivity index (χ4n) is 2.14. The maximum absolute atomic E-state index is 13.5. The zero-order valence-electron chi connectivity index (χ0n) is 9.61. The molecule has 1 aliphatic carbocycles. The molecule has 0 aliphatic heterocycles. The first-order valence-electron chi connectivity index (χ1n) is 5.65. The molecule has 5 heteroatoms. The number of rotatable bonds is 2. The lowest BCUT2D eigenvalue weighted by Crippen LogP contribution is -2.21. The van der Waals surface area contributed by atoms with Crippen LogP contribution in [0.4, 0.5) is 13.2 Å². The van der Waals surface area contributed by atoms with E-state index in [1.807, 2.05) is 0 Å². The fourth-order valence-corrected chi connectivity index (χ4v) is 2.14. The van der Waals surface area contributed by atoms with Crippen LogP contribution in [0.5, 0.6) is 11.5 Å². The van der Waals surface area contributed by atoms with Gasteiger partial charge in [0, 0.05) is 23.8 Å². The molecule has 98 valence electrons. The van der Waals surface area contributed by atoms with Crippen molar-refractivity contribution in [2.24, 2.45) is 0 Å². The first-order chi connectivity index (χ1) is 9.06. The maximum atomic E-state index is 13.5. The number of benzene rings is 2. The second kappa shape index (κ2) is 4.28. The van der Waals surface area contributed by atoms with Crippen LogP contribution in [-0.2, 0) is 0 Å². The molecule has 0 fully saturated rings. The Morgan fingerprint density at radius 1 is 1.05 bits per heavy atom. The SMILES string of the molecule is OC1c2cccc(Oc3cc(F)cc(F)c3)c2C1F. The third-order valence-electron chi connectivity index (χ3n) is 3.04. The minimum Gasteiger partial charge on any atom is -0.457 e. The number of alkyl halides is 1. The average molecular weight is 266 g/mol. The Bertz CT molecular complexity index is 622. The van der Waals surface area contributed by atoms with Gasteiger partial charge < -0.3 is 9.84 Å². The number of halogens is 3. The number of fused-ring (bicyclic) bond motifs is 1. The van der Waals surface area contributed by atoms with Crippen LogP contribution < -0.4 is 4.74 Å². The van der Waals surface area contributed by atoms with Gasteiger partial charge in [-0.05, 0) is 11.6 Å². The van der Waals surface area contributed by atoms with Crippen LogP contribution >= 0.6 is 0 Å². The first kappa shape index (κ1) is 12.0. The Morgan fingerprint density at radius 3 is 2.42 bits per heavy atom. The van der Waals surface area contributed by atoms with Crippen molar-refractivity contribution >= 4 is 0 Å². The number of ether oxygens (including phenoxy) is 1. The van der Waals surface area contributed by atoms with Crippen molar-refractivity contribution in [3.63, 3.8) is 0 Å². The van der Waals surface area contributed by atoms with E-state index >= 15 is 0 Å². The van der Waals surface area contributed by atoms with E-state index in [1.54, 1.807) is 12.1 Å². The summed E-state index contributed by atoms with van der Waals surface area (Å²) in [5.41, 5.74) is 0.654. The van der Waals surface area contributed by atoms with Gasteiger partial charge in [0.2, 0.25) is 0 Å². The van der Waals surface area contributed by atoms with E-state index in [2.05, 4.69) is 0 Å². The Balaban J connectivity index is 1.97. The smallest absolute Gasteiger partial charge is 0.159 e. The summed E-state index contributed by atoms with van der Waals surface area (Å²) in [7, 11) is 0. The molecular formula is C14H9F3O2. The zero-order valence-corrected chi connectivity index (χ0v) is 9.61. The molecule has 0 bridgehead atoms. The standard InChI is InChI=1S/C14H9F3O2/c15-7-4-8(16)6-9(5-7)19-11-3-1-2-10-12(11)13(17)14(10)18/h1-6,13-14,18H. The summed E-state index contributed by atoms with van der Waals surface area (Å²) in [5.74, 6) is -1.46. The predicted molar refractivity (Wildman–Crippen MR) is 61.7 cm³/mol. The number of aliphatic hydroxyl groups is 1. The summed E-state index contributed by atoms with van der Waals surface area (Å²) in [5, 5.41) is 9.40. The van der Waals surface area contributed by atoms with E-state index in [4.69, 9.17) is 4.74 Å². The lowest BCUT2D eigenvalue weighted by Gasteiger charge is -2.31. The summed E-state index contributed by atoms with van der Waals surface area (Å²) < 4.78 is 44.9. The van der Waals surface area contributed by atoms with Crippen molar-refractivity contribution in [1.82, 2.24) is 0 Å². The van der Waals surface area contributed by atoms with E-state index in [9.17, 15) is 18.3 Å². The average Bonchev–Trinajstić information content (AvgIpc) is 2.36. The highest BCUT2D eigenvalue weighted by atomic mass is 19.1. The van der Waals surface area contributed by atoms with Gasteiger partial charge in [0.05, 0.1) is 0 Å². The van der Waals surface area contributed by atoms with Crippen molar-refractivity contribution in [3.8, 4) is 11.5 Å². The zero-order chi connectivity index (χ0) is 13.6. The van der Waals surface area contributed by atoms with Gasteiger partial charge >= 0.3 is 0 Å². The lowest BCUT2D eigenvalue weighted by atomic mass is 9.83. The van der Waals surface area contributed by atoms with Gasteiger partial charge in [-0.2, -0.15) is 0 Å². The Hall–Kier alpha value is -2.01. The minimum atomic E-state index is -1.54. The Kier molecular flexibility index (Phi) is 2.71. The van der Waals surface area contributed by atoms with Crippen LogP contribution in [-0.4, -0.2) is 5.11 Å². The highest BCUT2D eigenvalue weighted by Crippen LogP contribution is 2.50. The third kappa shape index (κ3) is 1.96. The molecule has 0 spiro atoms. The number of hydrogen-bond acceptors (Lipinski definition) is 2. The highest BCUT2D eigenvalue weighted by molar-refractivity contribution is 5.52. The second-order valence-electron chi connectivity index (χ2n) is 4.31. The monoisotopic (exact) mass is 266 g/mol. The molecule has 2 unspecified atom stereocenters.